The van der Waals surface area contributed by atoms with Crippen LogP contribution in [-0.2, 0) is 29.2 Å². The lowest BCUT2D eigenvalue weighted by Gasteiger charge is -2.62. The van der Waals surface area contributed by atoms with Gasteiger partial charge in [0.05, 0.1) is 5.41 Å². The number of hydrogen-bond acceptors (Lipinski definition) is 6. The van der Waals surface area contributed by atoms with Crippen LogP contribution in [0.5, 0.6) is 0 Å². The molecule has 170 valence electrons. The summed E-state index contributed by atoms with van der Waals surface area (Å²) >= 11 is 0. The molecule has 11 heteroatoms. The van der Waals surface area contributed by atoms with E-state index in [9.17, 15) is 31.2 Å². The van der Waals surface area contributed by atoms with Gasteiger partial charge in [-0.1, -0.05) is 6.58 Å². The van der Waals surface area contributed by atoms with Gasteiger partial charge in [-0.3, -0.25) is 9.35 Å². The number of rotatable bonds is 6. The van der Waals surface area contributed by atoms with E-state index >= 15 is 0 Å². The molecule has 0 aromatic rings. The molecule has 30 heavy (non-hydrogen) atoms. The number of esters is 2. The molecule has 7 nitrogen and oxygen atoms in total. The maximum Gasteiger partial charge on any atom is 0.426 e. The molecule has 4 bridgehead atoms. The van der Waals surface area contributed by atoms with Crippen molar-refractivity contribution in [3.05, 3.63) is 12.2 Å². The van der Waals surface area contributed by atoms with Gasteiger partial charge in [-0.25, -0.2) is 4.79 Å². The largest absolute Gasteiger partial charge is 0.455 e. The SMILES string of the molecule is C=C(C)C(=O)OC1(C)C2CC3CC1CC(C(=O)OC(CS(=O)(=O)O)C(F)(F)F)(C3)C2. The zero-order valence-electron chi connectivity index (χ0n) is 16.7. The van der Waals surface area contributed by atoms with E-state index in [1.165, 1.54) is 6.92 Å². The van der Waals surface area contributed by atoms with E-state index < -0.39 is 51.1 Å². The number of alkyl halides is 3. The molecule has 4 rings (SSSR count). The van der Waals surface area contributed by atoms with Gasteiger partial charge in [0.2, 0.25) is 6.10 Å². The number of carbonyl (C=O) groups is 2. The smallest absolute Gasteiger partial charge is 0.426 e. The fraction of sp³-hybridized carbons (Fsp3) is 0.789. The maximum atomic E-state index is 13.2. The monoisotopic (exact) mass is 454 g/mol. The molecule has 4 fully saturated rings. The third-order valence-electron chi connectivity index (χ3n) is 6.88. The zero-order valence-corrected chi connectivity index (χ0v) is 17.5. The predicted octanol–water partition coefficient (Wildman–Crippen LogP) is 3.05. The minimum atomic E-state index is -5.14. The number of halogens is 3. The summed E-state index contributed by atoms with van der Waals surface area (Å²) in [6.45, 7) is 6.88. The highest BCUT2D eigenvalue weighted by Gasteiger charge is 2.65. The molecule has 0 spiro atoms. The third-order valence-corrected chi connectivity index (χ3v) is 7.61. The van der Waals surface area contributed by atoms with Gasteiger partial charge in [0.15, 0.2) is 0 Å². The Hall–Kier alpha value is -1.62. The van der Waals surface area contributed by atoms with Crippen LogP contribution >= 0.6 is 0 Å². The van der Waals surface area contributed by atoms with Crippen molar-refractivity contribution in [2.45, 2.75) is 63.8 Å². The topological polar surface area (TPSA) is 107 Å². The highest BCUT2D eigenvalue weighted by Crippen LogP contribution is 2.65. The van der Waals surface area contributed by atoms with Crippen LogP contribution in [0.1, 0.15) is 46.0 Å². The molecule has 4 aliphatic rings. The summed E-state index contributed by atoms with van der Waals surface area (Å²) in [5, 5.41) is 0. The summed E-state index contributed by atoms with van der Waals surface area (Å²) in [5.74, 6) is -3.79. The van der Waals surface area contributed by atoms with Gasteiger partial charge < -0.3 is 9.47 Å². The Morgan fingerprint density at radius 3 is 2.17 bits per heavy atom. The van der Waals surface area contributed by atoms with Crippen molar-refractivity contribution in [1.82, 2.24) is 0 Å². The Kier molecular flexibility index (Phi) is 5.55. The van der Waals surface area contributed by atoms with Crippen LogP contribution in [0, 0.1) is 23.2 Å². The average molecular weight is 454 g/mol. The van der Waals surface area contributed by atoms with E-state index in [0.717, 1.165) is 0 Å². The number of hydrogen-bond donors (Lipinski definition) is 1. The van der Waals surface area contributed by atoms with Crippen molar-refractivity contribution in [2.24, 2.45) is 23.2 Å². The normalized spacial score (nSPS) is 36.3. The summed E-state index contributed by atoms with van der Waals surface area (Å²) < 4.78 is 80.7. The molecule has 0 heterocycles. The first-order chi connectivity index (χ1) is 13.6. The molecule has 0 aromatic carbocycles. The van der Waals surface area contributed by atoms with Crippen molar-refractivity contribution in [2.75, 3.05) is 5.75 Å². The van der Waals surface area contributed by atoms with Gasteiger partial charge in [0, 0.05) is 17.4 Å². The first-order valence-electron chi connectivity index (χ1n) is 9.67. The molecular formula is C19H25F3O7S. The van der Waals surface area contributed by atoms with Crippen LogP contribution in [0.25, 0.3) is 0 Å². The molecule has 3 unspecified atom stereocenters. The van der Waals surface area contributed by atoms with Gasteiger partial charge in [0.25, 0.3) is 10.1 Å². The second kappa shape index (κ2) is 7.22. The lowest BCUT2D eigenvalue weighted by molar-refractivity contribution is -0.241. The fourth-order valence-electron chi connectivity index (χ4n) is 5.53. The van der Waals surface area contributed by atoms with Crippen molar-refractivity contribution in [3.63, 3.8) is 0 Å². The summed E-state index contributed by atoms with van der Waals surface area (Å²) in [7, 11) is -5.01. The molecule has 0 aromatic heterocycles. The molecule has 4 aliphatic carbocycles. The van der Waals surface area contributed by atoms with Gasteiger partial charge in [-0.05, 0) is 51.9 Å². The molecular weight excluding hydrogens is 429 g/mol. The number of ether oxygens (including phenoxy) is 2. The third kappa shape index (κ3) is 4.23. The van der Waals surface area contributed by atoms with Gasteiger partial charge in [0.1, 0.15) is 11.4 Å². The average Bonchev–Trinajstić information content (AvgIpc) is 2.56. The fourth-order valence-corrected chi connectivity index (χ4v) is 6.17. The van der Waals surface area contributed by atoms with E-state index in [-0.39, 0.29) is 36.2 Å². The highest BCUT2D eigenvalue weighted by atomic mass is 32.2. The van der Waals surface area contributed by atoms with Crippen molar-refractivity contribution in [3.8, 4) is 0 Å². The van der Waals surface area contributed by atoms with E-state index in [1.807, 2.05) is 0 Å². The van der Waals surface area contributed by atoms with Gasteiger partial charge in [-0.2, -0.15) is 21.6 Å². The lowest BCUT2D eigenvalue weighted by Crippen LogP contribution is -2.63. The molecule has 4 saturated carbocycles. The molecule has 0 aliphatic heterocycles. The molecule has 3 atom stereocenters. The Bertz CT molecular complexity index is 848. The lowest BCUT2D eigenvalue weighted by atomic mass is 9.45. The first-order valence-corrected chi connectivity index (χ1v) is 11.3. The van der Waals surface area contributed by atoms with Crippen LogP contribution in [0.4, 0.5) is 13.2 Å². The molecule has 0 radical (unpaired) electrons. The molecule has 0 saturated heterocycles. The van der Waals surface area contributed by atoms with E-state index in [1.54, 1.807) is 6.92 Å². The predicted molar refractivity (Wildman–Crippen MR) is 97.6 cm³/mol. The van der Waals surface area contributed by atoms with Crippen LogP contribution in [0.3, 0.4) is 0 Å². The van der Waals surface area contributed by atoms with E-state index in [4.69, 9.17) is 9.29 Å². The Balaban J connectivity index is 1.82. The number of carbonyl (C=O) groups excluding carboxylic acids is 2. The standard InChI is InChI=1S/C19H25F3O7S/c1-10(2)15(23)29-17(3)12-4-11-5-13(17)8-18(6-11,7-12)16(24)28-14(19(20,21)22)9-30(25,26)27/h11-14H,1,4-9H2,2-3H3,(H,25,26,27). The quantitative estimate of drug-likeness (QED) is 0.373. The minimum Gasteiger partial charge on any atom is -0.455 e. The highest BCUT2D eigenvalue weighted by molar-refractivity contribution is 7.85. The van der Waals surface area contributed by atoms with Crippen LogP contribution in [-0.4, -0.2) is 48.5 Å². The Morgan fingerprint density at radius 1 is 1.20 bits per heavy atom. The summed E-state index contributed by atoms with van der Waals surface area (Å²) in [6, 6.07) is 0. The molecule has 1 N–H and O–H groups in total. The maximum absolute atomic E-state index is 13.2. The second-order valence-electron chi connectivity index (χ2n) is 9.16. The summed E-state index contributed by atoms with van der Waals surface area (Å²) in [6.07, 6.45) is -6.00. The van der Waals surface area contributed by atoms with E-state index in [0.29, 0.717) is 19.3 Å². The van der Waals surface area contributed by atoms with Gasteiger partial charge in [-0.15, -0.1) is 0 Å². The summed E-state index contributed by atoms with van der Waals surface area (Å²) in [4.78, 5) is 25.0. The zero-order chi connectivity index (χ0) is 22.7. The minimum absolute atomic E-state index is 0.0811. The van der Waals surface area contributed by atoms with Crippen LogP contribution in [0.2, 0.25) is 0 Å². The summed E-state index contributed by atoms with van der Waals surface area (Å²) in [5.41, 5.74) is -1.81. The van der Waals surface area contributed by atoms with Crippen molar-refractivity contribution >= 4 is 22.1 Å². The van der Waals surface area contributed by atoms with Gasteiger partial charge >= 0.3 is 18.1 Å². The van der Waals surface area contributed by atoms with Crippen LogP contribution < -0.4 is 0 Å². The second-order valence-corrected chi connectivity index (χ2v) is 10.7. The first kappa shape index (κ1) is 23.1. The Morgan fingerprint density at radius 2 is 1.73 bits per heavy atom. The van der Waals surface area contributed by atoms with Crippen LogP contribution in [0.15, 0.2) is 12.2 Å². The molecule has 0 amide bonds. The van der Waals surface area contributed by atoms with E-state index in [2.05, 4.69) is 11.3 Å². The van der Waals surface area contributed by atoms with Crippen molar-refractivity contribution in [1.29, 1.82) is 0 Å². The Labute approximate surface area is 172 Å². The van der Waals surface area contributed by atoms with Crippen molar-refractivity contribution < 1.29 is 45.2 Å².